The highest BCUT2D eigenvalue weighted by atomic mass is 35.5. The van der Waals surface area contributed by atoms with Crippen LogP contribution < -0.4 is 4.84 Å². The van der Waals surface area contributed by atoms with E-state index in [9.17, 15) is 4.79 Å². The van der Waals surface area contributed by atoms with Gasteiger partial charge in [-0.3, -0.25) is 0 Å². The van der Waals surface area contributed by atoms with E-state index in [0.29, 0.717) is 5.56 Å². The van der Waals surface area contributed by atoms with Gasteiger partial charge in [-0.1, -0.05) is 25.5 Å². The molecule has 88 valence electrons. The maximum atomic E-state index is 11.2. The van der Waals surface area contributed by atoms with Crippen molar-refractivity contribution in [1.82, 2.24) is 4.84 Å². The summed E-state index contributed by atoms with van der Waals surface area (Å²) in [6.45, 7) is 2.10. The summed E-state index contributed by atoms with van der Waals surface area (Å²) in [5.41, 5.74) is 1.63. The van der Waals surface area contributed by atoms with Crippen molar-refractivity contribution in [3.05, 3.63) is 35.4 Å². The third kappa shape index (κ3) is 3.22. The summed E-state index contributed by atoms with van der Waals surface area (Å²) in [5.74, 6) is -0.322. The molecule has 0 radical (unpaired) electrons. The van der Waals surface area contributed by atoms with Gasteiger partial charge in [-0.15, -0.1) is 0 Å². The molecule has 1 atom stereocenters. The number of hydrogen-bond donors (Lipinski definition) is 1. The van der Waals surface area contributed by atoms with Crippen molar-refractivity contribution < 1.29 is 9.53 Å². The molecule has 1 rings (SSSR count). The first-order valence-corrected chi connectivity index (χ1v) is 5.65. The highest BCUT2D eigenvalue weighted by molar-refractivity contribution is 6.13. The Labute approximate surface area is 101 Å². The second-order valence-corrected chi connectivity index (χ2v) is 3.78. The molecule has 0 saturated heterocycles. The second-order valence-electron chi connectivity index (χ2n) is 3.56. The van der Waals surface area contributed by atoms with Crippen molar-refractivity contribution in [2.75, 3.05) is 7.11 Å². The number of halogens is 1. The molecular formula is C12H16ClNO2. The zero-order valence-corrected chi connectivity index (χ0v) is 10.3. The Hall–Kier alpha value is -1.06. The first-order valence-electron chi connectivity index (χ1n) is 5.27. The van der Waals surface area contributed by atoms with Gasteiger partial charge in [-0.05, 0) is 35.9 Å². The van der Waals surface area contributed by atoms with Gasteiger partial charge in [0, 0.05) is 6.04 Å². The molecule has 0 fully saturated rings. The van der Waals surface area contributed by atoms with Crippen LogP contribution >= 0.6 is 11.8 Å². The molecular weight excluding hydrogens is 226 g/mol. The number of carbonyl (C=O) groups excluding carboxylic acids is 1. The molecule has 1 N–H and O–H groups in total. The van der Waals surface area contributed by atoms with Crippen molar-refractivity contribution in [2.45, 2.75) is 25.8 Å². The van der Waals surface area contributed by atoms with Crippen LogP contribution in [0.4, 0.5) is 0 Å². The Balaban J connectivity index is 2.80. The lowest BCUT2D eigenvalue weighted by atomic mass is 10.0. The van der Waals surface area contributed by atoms with E-state index in [-0.39, 0.29) is 12.0 Å². The summed E-state index contributed by atoms with van der Waals surface area (Å²) in [7, 11) is 1.37. The predicted molar refractivity (Wildman–Crippen MR) is 64.4 cm³/mol. The van der Waals surface area contributed by atoms with E-state index in [1.54, 1.807) is 12.1 Å². The SMILES string of the molecule is CCC[C@@H](NCl)c1ccc(C(=O)OC)cc1. The predicted octanol–water partition coefficient (Wildman–Crippen LogP) is 3.06. The summed E-state index contributed by atoms with van der Waals surface area (Å²) in [4.78, 5) is 14.0. The molecule has 0 aliphatic heterocycles. The quantitative estimate of drug-likeness (QED) is 0.636. The topological polar surface area (TPSA) is 38.3 Å². The van der Waals surface area contributed by atoms with E-state index in [0.717, 1.165) is 18.4 Å². The highest BCUT2D eigenvalue weighted by Crippen LogP contribution is 2.19. The van der Waals surface area contributed by atoms with Gasteiger partial charge in [0.25, 0.3) is 0 Å². The molecule has 0 amide bonds. The molecule has 3 nitrogen and oxygen atoms in total. The first kappa shape index (κ1) is 13.0. The lowest BCUT2D eigenvalue weighted by Crippen LogP contribution is -2.11. The van der Waals surface area contributed by atoms with Gasteiger partial charge in [0.2, 0.25) is 0 Å². The number of methoxy groups -OCH3 is 1. The van der Waals surface area contributed by atoms with Gasteiger partial charge in [0.05, 0.1) is 12.7 Å². The monoisotopic (exact) mass is 241 g/mol. The van der Waals surface area contributed by atoms with Gasteiger partial charge in [-0.2, -0.15) is 0 Å². The van der Waals surface area contributed by atoms with E-state index in [1.165, 1.54) is 7.11 Å². The van der Waals surface area contributed by atoms with Crippen molar-refractivity contribution in [1.29, 1.82) is 0 Å². The van der Waals surface area contributed by atoms with E-state index in [4.69, 9.17) is 11.8 Å². The Bertz CT molecular complexity index is 337. The average Bonchev–Trinajstić information content (AvgIpc) is 2.35. The number of esters is 1. The van der Waals surface area contributed by atoms with Crippen LogP contribution in [-0.4, -0.2) is 13.1 Å². The fourth-order valence-corrected chi connectivity index (χ4v) is 1.78. The first-order chi connectivity index (χ1) is 7.72. The maximum Gasteiger partial charge on any atom is 0.337 e. The van der Waals surface area contributed by atoms with Crippen LogP contribution in [0.1, 0.15) is 41.7 Å². The normalized spacial score (nSPS) is 12.2. The standard InChI is InChI=1S/C12H16ClNO2/c1-3-4-11(14-13)9-5-7-10(8-6-9)12(15)16-2/h5-8,11,14H,3-4H2,1-2H3/t11-/m1/s1. The van der Waals surface area contributed by atoms with E-state index >= 15 is 0 Å². The average molecular weight is 242 g/mol. The lowest BCUT2D eigenvalue weighted by molar-refractivity contribution is 0.0600. The van der Waals surface area contributed by atoms with Gasteiger partial charge in [0.15, 0.2) is 0 Å². The van der Waals surface area contributed by atoms with Crippen LogP contribution in [0.25, 0.3) is 0 Å². The molecule has 0 aliphatic carbocycles. The van der Waals surface area contributed by atoms with Gasteiger partial charge < -0.3 is 4.74 Å². The Morgan fingerprint density at radius 3 is 2.50 bits per heavy atom. The van der Waals surface area contributed by atoms with E-state index < -0.39 is 0 Å². The summed E-state index contributed by atoms with van der Waals surface area (Å²) < 4.78 is 4.63. The molecule has 1 aromatic carbocycles. The number of ether oxygens (including phenoxy) is 1. The fraction of sp³-hybridized carbons (Fsp3) is 0.417. The molecule has 0 heterocycles. The van der Waals surface area contributed by atoms with Crippen LogP contribution in [0.2, 0.25) is 0 Å². The summed E-state index contributed by atoms with van der Waals surface area (Å²) in [5, 5.41) is 0. The zero-order chi connectivity index (χ0) is 12.0. The summed E-state index contributed by atoms with van der Waals surface area (Å²) in [6, 6.07) is 7.40. The lowest BCUT2D eigenvalue weighted by Gasteiger charge is -2.14. The molecule has 0 bridgehead atoms. The number of rotatable bonds is 5. The smallest absolute Gasteiger partial charge is 0.337 e. The molecule has 0 aliphatic rings. The van der Waals surface area contributed by atoms with Gasteiger partial charge in [-0.25, -0.2) is 9.63 Å². The maximum absolute atomic E-state index is 11.2. The minimum atomic E-state index is -0.322. The summed E-state index contributed by atoms with van der Waals surface area (Å²) in [6.07, 6.45) is 2.00. The molecule has 0 aromatic heterocycles. The van der Waals surface area contributed by atoms with Crippen molar-refractivity contribution in [3.63, 3.8) is 0 Å². The number of carbonyl (C=O) groups is 1. The van der Waals surface area contributed by atoms with Crippen LogP contribution in [0.15, 0.2) is 24.3 Å². The van der Waals surface area contributed by atoms with Crippen molar-refractivity contribution >= 4 is 17.7 Å². The van der Waals surface area contributed by atoms with Crippen LogP contribution in [0, 0.1) is 0 Å². The van der Waals surface area contributed by atoms with Crippen LogP contribution in [0.5, 0.6) is 0 Å². The van der Waals surface area contributed by atoms with Gasteiger partial charge in [0.1, 0.15) is 0 Å². The largest absolute Gasteiger partial charge is 0.465 e. The Morgan fingerprint density at radius 2 is 2.06 bits per heavy atom. The van der Waals surface area contributed by atoms with E-state index in [2.05, 4.69) is 16.5 Å². The Morgan fingerprint density at radius 1 is 1.44 bits per heavy atom. The number of benzene rings is 1. The van der Waals surface area contributed by atoms with Crippen molar-refractivity contribution in [2.24, 2.45) is 0 Å². The molecule has 0 saturated carbocycles. The summed E-state index contributed by atoms with van der Waals surface area (Å²) >= 11 is 5.67. The highest BCUT2D eigenvalue weighted by Gasteiger charge is 2.10. The third-order valence-corrected chi connectivity index (χ3v) is 2.71. The fourth-order valence-electron chi connectivity index (χ4n) is 1.54. The minimum Gasteiger partial charge on any atom is -0.465 e. The van der Waals surface area contributed by atoms with Crippen molar-refractivity contribution in [3.8, 4) is 0 Å². The van der Waals surface area contributed by atoms with Gasteiger partial charge >= 0.3 is 5.97 Å². The number of nitrogens with one attached hydrogen (secondary N) is 1. The molecule has 4 heteroatoms. The minimum absolute atomic E-state index is 0.123. The van der Waals surface area contributed by atoms with E-state index in [1.807, 2.05) is 12.1 Å². The molecule has 0 unspecified atom stereocenters. The second kappa shape index (κ2) is 6.51. The molecule has 16 heavy (non-hydrogen) atoms. The molecule has 0 spiro atoms. The molecule has 1 aromatic rings. The third-order valence-electron chi connectivity index (χ3n) is 2.44. The van der Waals surface area contributed by atoms with Crippen LogP contribution in [0.3, 0.4) is 0 Å². The Kier molecular flexibility index (Phi) is 5.29. The number of hydrogen-bond acceptors (Lipinski definition) is 3. The van der Waals surface area contributed by atoms with Crippen LogP contribution in [-0.2, 0) is 4.74 Å². The zero-order valence-electron chi connectivity index (χ0n) is 9.50.